The number of nitro groups is 1. The number of rotatable bonds is 1. The third-order valence-electron chi connectivity index (χ3n) is 2.98. The SMILES string of the molecule is O=c1c2ccccc2[nH]c2ccc(Cl)c([N+](=O)[O-])c12. The highest BCUT2D eigenvalue weighted by Crippen LogP contribution is 2.31. The van der Waals surface area contributed by atoms with Gasteiger partial charge in [-0.1, -0.05) is 23.7 Å². The number of H-pyrrole nitrogens is 1. The highest BCUT2D eigenvalue weighted by atomic mass is 35.5. The molecule has 0 radical (unpaired) electrons. The third kappa shape index (κ3) is 1.67. The summed E-state index contributed by atoms with van der Waals surface area (Å²) < 4.78 is 0. The van der Waals surface area contributed by atoms with Crippen molar-refractivity contribution in [3.05, 3.63) is 61.8 Å². The number of nitrogens with one attached hydrogen (secondary N) is 1. The fourth-order valence-corrected chi connectivity index (χ4v) is 2.37. The number of halogens is 1. The van der Waals surface area contributed by atoms with Crippen LogP contribution in [0.3, 0.4) is 0 Å². The lowest BCUT2D eigenvalue weighted by atomic mass is 10.1. The molecule has 0 aliphatic rings. The van der Waals surface area contributed by atoms with Crippen LogP contribution in [0.2, 0.25) is 5.02 Å². The number of pyridine rings is 1. The predicted molar refractivity (Wildman–Crippen MR) is 73.7 cm³/mol. The summed E-state index contributed by atoms with van der Waals surface area (Å²) in [6.07, 6.45) is 0. The first-order valence-electron chi connectivity index (χ1n) is 5.47. The Hall–Kier alpha value is -2.40. The van der Waals surface area contributed by atoms with Crippen LogP contribution in [0.5, 0.6) is 0 Å². The normalized spacial score (nSPS) is 11.0. The van der Waals surface area contributed by atoms with Gasteiger partial charge in [0.05, 0.1) is 10.4 Å². The van der Waals surface area contributed by atoms with Gasteiger partial charge in [0.15, 0.2) is 0 Å². The molecule has 2 aromatic carbocycles. The third-order valence-corrected chi connectivity index (χ3v) is 3.28. The maximum absolute atomic E-state index is 12.4. The second-order valence-corrected chi connectivity index (χ2v) is 4.48. The van der Waals surface area contributed by atoms with Crippen LogP contribution in [-0.4, -0.2) is 9.91 Å². The van der Waals surface area contributed by atoms with Crippen LogP contribution < -0.4 is 5.43 Å². The molecule has 0 saturated carbocycles. The maximum atomic E-state index is 12.4. The van der Waals surface area contributed by atoms with Gasteiger partial charge in [0.25, 0.3) is 0 Å². The lowest BCUT2D eigenvalue weighted by Crippen LogP contribution is -2.07. The largest absolute Gasteiger partial charge is 0.354 e. The van der Waals surface area contributed by atoms with Crippen molar-refractivity contribution in [3.8, 4) is 0 Å². The zero-order valence-corrected chi connectivity index (χ0v) is 10.3. The quantitative estimate of drug-likeness (QED) is 0.420. The van der Waals surface area contributed by atoms with Crippen LogP contribution >= 0.6 is 11.6 Å². The zero-order valence-electron chi connectivity index (χ0n) is 9.51. The lowest BCUT2D eigenvalue weighted by Gasteiger charge is -2.04. The number of benzene rings is 2. The molecule has 1 N–H and O–H groups in total. The molecule has 1 heterocycles. The summed E-state index contributed by atoms with van der Waals surface area (Å²) in [4.78, 5) is 25.9. The Morgan fingerprint density at radius 3 is 2.58 bits per heavy atom. The van der Waals surface area contributed by atoms with E-state index in [9.17, 15) is 14.9 Å². The van der Waals surface area contributed by atoms with Gasteiger partial charge in [-0.25, -0.2) is 0 Å². The Kier molecular flexibility index (Phi) is 2.50. The van der Waals surface area contributed by atoms with E-state index in [1.165, 1.54) is 6.07 Å². The molecule has 94 valence electrons. The molecule has 5 nitrogen and oxygen atoms in total. The Balaban J connectivity index is 2.64. The molecule has 0 spiro atoms. The van der Waals surface area contributed by atoms with Crippen molar-refractivity contribution in [3.63, 3.8) is 0 Å². The highest BCUT2D eigenvalue weighted by Gasteiger charge is 2.21. The van der Waals surface area contributed by atoms with Crippen LogP contribution in [0.4, 0.5) is 5.69 Å². The van der Waals surface area contributed by atoms with Crippen LogP contribution in [0, 0.1) is 10.1 Å². The summed E-state index contributed by atoms with van der Waals surface area (Å²) in [5.74, 6) is 0. The molecule has 3 aromatic rings. The van der Waals surface area contributed by atoms with E-state index >= 15 is 0 Å². The summed E-state index contributed by atoms with van der Waals surface area (Å²) in [7, 11) is 0. The van der Waals surface area contributed by atoms with E-state index in [1.54, 1.807) is 30.3 Å². The highest BCUT2D eigenvalue weighted by molar-refractivity contribution is 6.34. The van der Waals surface area contributed by atoms with Gasteiger partial charge in [-0.3, -0.25) is 14.9 Å². The Labute approximate surface area is 111 Å². The van der Waals surface area contributed by atoms with Gasteiger partial charge in [0, 0.05) is 10.9 Å². The maximum Gasteiger partial charge on any atom is 0.301 e. The summed E-state index contributed by atoms with van der Waals surface area (Å²) in [5.41, 5.74) is 0.293. The molecular formula is C13H7ClN2O3. The molecule has 3 rings (SSSR count). The van der Waals surface area contributed by atoms with Gasteiger partial charge >= 0.3 is 5.69 Å². The van der Waals surface area contributed by atoms with Crippen molar-refractivity contribution in [2.75, 3.05) is 0 Å². The van der Waals surface area contributed by atoms with E-state index < -0.39 is 10.4 Å². The molecular weight excluding hydrogens is 268 g/mol. The summed E-state index contributed by atoms with van der Waals surface area (Å²) in [6, 6.07) is 9.84. The molecule has 0 saturated heterocycles. The minimum atomic E-state index is -0.630. The van der Waals surface area contributed by atoms with E-state index in [4.69, 9.17) is 11.6 Å². The molecule has 0 amide bonds. The second-order valence-electron chi connectivity index (χ2n) is 4.08. The molecule has 0 atom stereocenters. The first-order valence-corrected chi connectivity index (χ1v) is 5.85. The van der Waals surface area contributed by atoms with E-state index in [-0.39, 0.29) is 16.1 Å². The Bertz CT molecular complexity index is 886. The van der Waals surface area contributed by atoms with Crippen molar-refractivity contribution in [2.24, 2.45) is 0 Å². The summed E-state index contributed by atoms with van der Waals surface area (Å²) >= 11 is 5.83. The van der Waals surface area contributed by atoms with Gasteiger partial charge in [0.2, 0.25) is 5.43 Å². The number of aromatic nitrogens is 1. The average molecular weight is 275 g/mol. The molecule has 0 unspecified atom stereocenters. The number of nitro benzene ring substituents is 1. The standard InChI is InChI=1S/C13H7ClN2O3/c14-8-5-6-10-11(12(8)16(18)19)13(17)7-3-1-2-4-9(7)15-10/h1-6H,(H,15,17). The van der Waals surface area contributed by atoms with E-state index in [2.05, 4.69) is 4.98 Å². The predicted octanol–water partition coefficient (Wildman–Crippen LogP) is 3.24. The lowest BCUT2D eigenvalue weighted by molar-refractivity contribution is -0.382. The molecule has 19 heavy (non-hydrogen) atoms. The smallest absolute Gasteiger partial charge is 0.301 e. The van der Waals surface area contributed by atoms with Gasteiger partial charge < -0.3 is 4.98 Å². The molecule has 1 aromatic heterocycles. The topological polar surface area (TPSA) is 76.0 Å². The number of aromatic amines is 1. The number of fused-ring (bicyclic) bond motifs is 2. The van der Waals surface area contributed by atoms with Crippen LogP contribution in [0.25, 0.3) is 21.8 Å². The monoisotopic (exact) mass is 274 g/mol. The summed E-state index contributed by atoms with van der Waals surface area (Å²) in [6.45, 7) is 0. The number of hydrogen-bond acceptors (Lipinski definition) is 3. The van der Waals surface area contributed by atoms with Crippen molar-refractivity contribution in [1.29, 1.82) is 0 Å². The molecule has 0 aliphatic heterocycles. The molecule has 6 heteroatoms. The van der Waals surface area contributed by atoms with Gasteiger partial charge in [0.1, 0.15) is 10.4 Å². The fraction of sp³-hybridized carbons (Fsp3) is 0. The Morgan fingerprint density at radius 1 is 1.11 bits per heavy atom. The molecule has 0 aliphatic carbocycles. The van der Waals surface area contributed by atoms with Crippen molar-refractivity contribution in [1.82, 2.24) is 4.98 Å². The zero-order chi connectivity index (χ0) is 13.6. The fourth-order valence-electron chi connectivity index (χ4n) is 2.15. The molecule has 0 fully saturated rings. The first-order chi connectivity index (χ1) is 9.09. The van der Waals surface area contributed by atoms with Gasteiger partial charge in [-0.2, -0.15) is 0 Å². The van der Waals surface area contributed by atoms with E-state index in [0.717, 1.165) is 0 Å². The van der Waals surface area contributed by atoms with Crippen LogP contribution in [-0.2, 0) is 0 Å². The summed E-state index contributed by atoms with van der Waals surface area (Å²) in [5, 5.41) is 11.5. The van der Waals surface area contributed by atoms with Gasteiger partial charge in [-0.05, 0) is 24.3 Å². The number of nitrogens with zero attached hydrogens (tertiary/aromatic N) is 1. The second kappa shape index (κ2) is 4.07. The minimum absolute atomic E-state index is 0.0104. The van der Waals surface area contributed by atoms with Crippen LogP contribution in [0.1, 0.15) is 0 Å². The minimum Gasteiger partial charge on any atom is -0.354 e. The number of hydrogen-bond donors (Lipinski definition) is 1. The van der Waals surface area contributed by atoms with Gasteiger partial charge in [-0.15, -0.1) is 0 Å². The van der Waals surface area contributed by atoms with Crippen molar-refractivity contribution >= 4 is 39.1 Å². The van der Waals surface area contributed by atoms with Crippen molar-refractivity contribution in [2.45, 2.75) is 0 Å². The number of para-hydroxylation sites is 1. The van der Waals surface area contributed by atoms with E-state index in [0.29, 0.717) is 16.4 Å². The first kappa shape index (κ1) is 11.7. The Morgan fingerprint density at radius 2 is 1.84 bits per heavy atom. The van der Waals surface area contributed by atoms with Crippen molar-refractivity contribution < 1.29 is 4.92 Å². The average Bonchev–Trinajstić information content (AvgIpc) is 2.39. The van der Waals surface area contributed by atoms with E-state index in [1.807, 2.05) is 0 Å². The molecule has 0 bridgehead atoms. The van der Waals surface area contributed by atoms with Crippen LogP contribution in [0.15, 0.2) is 41.2 Å².